The van der Waals surface area contributed by atoms with Crippen LogP contribution in [0, 0.1) is 0 Å². The summed E-state index contributed by atoms with van der Waals surface area (Å²) in [6.45, 7) is 0. The van der Waals surface area contributed by atoms with Crippen molar-refractivity contribution in [1.82, 2.24) is 20.0 Å². The van der Waals surface area contributed by atoms with E-state index in [1.165, 1.54) is 5.56 Å². The van der Waals surface area contributed by atoms with Gasteiger partial charge in [-0.2, -0.15) is 4.98 Å². The number of fused-ring (bicyclic) bond motifs is 2. The van der Waals surface area contributed by atoms with Gasteiger partial charge < -0.3 is 9.42 Å². The third-order valence-electron chi connectivity index (χ3n) is 6.43. The summed E-state index contributed by atoms with van der Waals surface area (Å²) in [6, 6.07) is 14.8. The van der Waals surface area contributed by atoms with Crippen LogP contribution >= 0.6 is 0 Å². The second-order valence-electron chi connectivity index (χ2n) is 8.39. The van der Waals surface area contributed by atoms with Gasteiger partial charge in [-0.05, 0) is 56.2 Å². The summed E-state index contributed by atoms with van der Waals surface area (Å²) in [5.41, 5.74) is 2.16. The molecule has 4 heterocycles. The Morgan fingerprint density at radius 2 is 1.87 bits per heavy atom. The number of rotatable bonds is 6. The predicted octanol–water partition coefficient (Wildman–Crippen LogP) is 4.39. The maximum absolute atomic E-state index is 12.9. The highest BCUT2D eigenvalue weighted by molar-refractivity contribution is 5.77. The van der Waals surface area contributed by atoms with E-state index in [9.17, 15) is 4.79 Å². The van der Waals surface area contributed by atoms with E-state index in [0.717, 1.165) is 44.1 Å². The number of amides is 1. The molecule has 5 rings (SSSR count). The largest absolute Gasteiger partial charge is 0.339 e. The smallest absolute Gasteiger partial charge is 0.230 e. The summed E-state index contributed by atoms with van der Waals surface area (Å²) in [6.07, 6.45) is 9.94. The molecule has 1 unspecified atom stereocenters. The lowest BCUT2D eigenvalue weighted by Gasteiger charge is -2.38. The van der Waals surface area contributed by atoms with E-state index >= 15 is 0 Å². The van der Waals surface area contributed by atoms with Crippen molar-refractivity contribution in [3.05, 3.63) is 66.3 Å². The van der Waals surface area contributed by atoms with Gasteiger partial charge in [0.2, 0.25) is 17.6 Å². The Morgan fingerprint density at radius 3 is 2.60 bits per heavy atom. The molecule has 0 aliphatic carbocycles. The van der Waals surface area contributed by atoms with Crippen LogP contribution in [-0.4, -0.2) is 38.0 Å². The van der Waals surface area contributed by atoms with Gasteiger partial charge in [-0.3, -0.25) is 9.78 Å². The van der Waals surface area contributed by atoms with Gasteiger partial charge in [0.05, 0.1) is 0 Å². The zero-order chi connectivity index (χ0) is 20.3. The minimum atomic E-state index is 0.230. The number of hydrogen-bond acceptors (Lipinski definition) is 5. The average molecular weight is 402 g/mol. The number of aromatic nitrogens is 3. The van der Waals surface area contributed by atoms with Crippen LogP contribution < -0.4 is 0 Å². The monoisotopic (exact) mass is 402 g/mol. The molecule has 6 nitrogen and oxygen atoms in total. The summed E-state index contributed by atoms with van der Waals surface area (Å²) < 4.78 is 5.60. The van der Waals surface area contributed by atoms with Gasteiger partial charge in [-0.15, -0.1) is 0 Å². The zero-order valence-corrected chi connectivity index (χ0v) is 17.0. The van der Waals surface area contributed by atoms with Crippen molar-refractivity contribution in [2.75, 3.05) is 0 Å². The molecule has 30 heavy (non-hydrogen) atoms. The van der Waals surface area contributed by atoms with Gasteiger partial charge in [-0.1, -0.05) is 35.5 Å². The van der Waals surface area contributed by atoms with Crippen molar-refractivity contribution >= 4 is 5.91 Å². The number of carbonyl (C=O) groups excluding carboxylic acids is 1. The van der Waals surface area contributed by atoms with Gasteiger partial charge in [0, 0.05) is 42.4 Å². The highest BCUT2D eigenvalue weighted by Crippen LogP contribution is 2.43. The fourth-order valence-electron chi connectivity index (χ4n) is 5.02. The Hall–Kier alpha value is -3.02. The molecule has 2 bridgehead atoms. The summed E-state index contributed by atoms with van der Waals surface area (Å²) >= 11 is 0. The lowest BCUT2D eigenvalue weighted by atomic mass is 9.90. The van der Waals surface area contributed by atoms with Gasteiger partial charge in [0.15, 0.2) is 0 Å². The molecule has 2 fully saturated rings. The average Bonchev–Trinajstić information content (AvgIpc) is 3.38. The molecular formula is C24H26N4O2. The molecule has 1 amide bonds. The Labute approximate surface area is 176 Å². The second kappa shape index (κ2) is 8.38. The molecule has 2 aromatic heterocycles. The molecule has 0 radical (unpaired) electrons. The van der Waals surface area contributed by atoms with Gasteiger partial charge in [-0.25, -0.2) is 0 Å². The quantitative estimate of drug-likeness (QED) is 0.611. The number of benzene rings is 1. The zero-order valence-electron chi connectivity index (χ0n) is 17.0. The van der Waals surface area contributed by atoms with E-state index in [2.05, 4.69) is 44.3 Å². The summed E-state index contributed by atoms with van der Waals surface area (Å²) in [5, 5.41) is 4.15. The van der Waals surface area contributed by atoms with Crippen molar-refractivity contribution in [2.24, 2.45) is 0 Å². The van der Waals surface area contributed by atoms with Gasteiger partial charge >= 0.3 is 0 Å². The number of hydrogen-bond donors (Lipinski definition) is 0. The van der Waals surface area contributed by atoms with Gasteiger partial charge in [0.25, 0.3) is 0 Å². The van der Waals surface area contributed by atoms with E-state index < -0.39 is 0 Å². The van der Waals surface area contributed by atoms with E-state index in [1.807, 2.05) is 18.2 Å². The molecule has 0 N–H and O–H groups in total. The number of carbonyl (C=O) groups is 1. The van der Waals surface area contributed by atoms with Crippen molar-refractivity contribution in [3.63, 3.8) is 0 Å². The first kappa shape index (κ1) is 19.0. The number of piperidine rings is 1. The fourth-order valence-corrected chi connectivity index (χ4v) is 5.02. The third-order valence-corrected chi connectivity index (χ3v) is 6.43. The molecule has 0 spiro atoms. The lowest BCUT2D eigenvalue weighted by molar-refractivity contribution is -0.136. The first-order valence-electron chi connectivity index (χ1n) is 10.9. The maximum Gasteiger partial charge on any atom is 0.230 e. The Balaban J connectivity index is 1.20. The molecule has 154 valence electrons. The maximum atomic E-state index is 12.9. The first-order chi connectivity index (χ1) is 14.8. The molecule has 3 atom stereocenters. The summed E-state index contributed by atoms with van der Waals surface area (Å²) in [4.78, 5) is 23.9. The van der Waals surface area contributed by atoms with Crippen LogP contribution in [0.25, 0.3) is 11.4 Å². The van der Waals surface area contributed by atoms with Crippen molar-refractivity contribution < 1.29 is 9.32 Å². The van der Waals surface area contributed by atoms with Crippen LogP contribution in [0.5, 0.6) is 0 Å². The highest BCUT2D eigenvalue weighted by Gasteiger charge is 2.44. The standard InChI is InChI=1S/C24H26N4O2/c29-22(10-4-8-17-6-2-1-3-7-17)28-20-11-12-21(28)15-19(14-20)24-26-23(27-30-24)18-9-5-13-25-16-18/h1-3,5-7,9,13,16,19-21H,4,8,10-12,14-15H2/t19?,20-,21+. The van der Waals surface area contributed by atoms with Crippen LogP contribution in [0.15, 0.2) is 59.4 Å². The summed E-state index contributed by atoms with van der Waals surface area (Å²) in [7, 11) is 0. The van der Waals surface area contributed by atoms with E-state index in [1.54, 1.807) is 12.4 Å². The SMILES string of the molecule is O=C(CCCc1ccccc1)N1[C@@H]2CC[C@H]1CC(c1nc(-c3cccnc3)no1)C2. The molecule has 3 aromatic rings. The Morgan fingerprint density at radius 1 is 1.07 bits per heavy atom. The predicted molar refractivity (Wildman–Crippen MR) is 113 cm³/mol. The summed E-state index contributed by atoms with van der Waals surface area (Å²) in [5.74, 6) is 1.82. The molecule has 2 aliphatic rings. The van der Waals surface area contributed by atoms with Crippen molar-refractivity contribution in [3.8, 4) is 11.4 Å². The van der Waals surface area contributed by atoms with E-state index in [0.29, 0.717) is 36.1 Å². The van der Waals surface area contributed by atoms with Crippen LogP contribution in [0.4, 0.5) is 0 Å². The number of aryl methyl sites for hydroxylation is 1. The van der Waals surface area contributed by atoms with Gasteiger partial charge in [0.1, 0.15) is 0 Å². The normalized spacial score (nSPS) is 22.9. The first-order valence-corrected chi connectivity index (χ1v) is 10.9. The lowest BCUT2D eigenvalue weighted by Crippen LogP contribution is -2.46. The fraction of sp³-hybridized carbons (Fsp3) is 0.417. The third kappa shape index (κ3) is 3.86. The van der Waals surface area contributed by atoms with Crippen LogP contribution in [0.1, 0.15) is 55.9 Å². The molecule has 1 aromatic carbocycles. The highest BCUT2D eigenvalue weighted by atomic mass is 16.5. The second-order valence-corrected chi connectivity index (χ2v) is 8.39. The van der Waals surface area contributed by atoms with E-state index in [4.69, 9.17) is 4.52 Å². The number of pyridine rings is 1. The van der Waals surface area contributed by atoms with E-state index in [-0.39, 0.29) is 5.92 Å². The Bertz CT molecular complexity index is 975. The minimum Gasteiger partial charge on any atom is -0.339 e. The van der Waals surface area contributed by atoms with Crippen molar-refractivity contribution in [1.29, 1.82) is 0 Å². The topological polar surface area (TPSA) is 72.1 Å². The molecular weight excluding hydrogens is 376 g/mol. The van der Waals surface area contributed by atoms with Crippen LogP contribution in [0.3, 0.4) is 0 Å². The minimum absolute atomic E-state index is 0.230. The van der Waals surface area contributed by atoms with Crippen LogP contribution in [-0.2, 0) is 11.2 Å². The van der Waals surface area contributed by atoms with Crippen LogP contribution in [0.2, 0.25) is 0 Å². The van der Waals surface area contributed by atoms with Crippen molar-refractivity contribution in [2.45, 2.75) is 62.9 Å². The molecule has 2 saturated heterocycles. The molecule has 0 saturated carbocycles. The number of nitrogens with zero attached hydrogens (tertiary/aromatic N) is 4. The Kier molecular flexibility index (Phi) is 5.30. The molecule has 6 heteroatoms. The molecule has 2 aliphatic heterocycles.